The molecule has 2 heteroatoms. The fourth-order valence-corrected chi connectivity index (χ4v) is 1.83. The Morgan fingerprint density at radius 1 is 1.54 bits per heavy atom. The molecule has 0 saturated carbocycles. The Balaban J connectivity index is 1.86. The molecule has 0 spiro atoms. The van der Waals surface area contributed by atoms with Crippen LogP contribution in [0.15, 0.2) is 46.3 Å². The highest BCUT2D eigenvalue weighted by Crippen LogP contribution is 2.10. The van der Waals surface area contributed by atoms with Gasteiger partial charge in [-0.1, -0.05) is 24.3 Å². The minimum atomic E-state index is 0.838. The third kappa shape index (κ3) is 2.39. The van der Waals surface area contributed by atoms with E-state index in [9.17, 15) is 0 Å². The average molecular weight is 189 g/mol. The first-order valence-electron chi connectivity index (χ1n) is 4.33. The van der Waals surface area contributed by atoms with Crippen molar-refractivity contribution in [3.8, 4) is 0 Å². The molecule has 1 aromatic heterocycles. The summed E-state index contributed by atoms with van der Waals surface area (Å²) in [5.74, 6) is 0. The zero-order chi connectivity index (χ0) is 8.93. The van der Waals surface area contributed by atoms with Gasteiger partial charge in [-0.2, -0.15) is 0 Å². The van der Waals surface area contributed by atoms with E-state index >= 15 is 0 Å². The lowest BCUT2D eigenvalue weighted by Crippen LogP contribution is -1.85. The highest BCUT2D eigenvalue weighted by molar-refractivity contribution is 7.11. The van der Waals surface area contributed by atoms with Crippen molar-refractivity contribution in [3.63, 3.8) is 0 Å². The second kappa shape index (κ2) is 4.19. The third-order valence-corrected chi connectivity index (χ3v) is 2.71. The van der Waals surface area contributed by atoms with Gasteiger partial charge in [0.05, 0.1) is 6.54 Å². The molecule has 1 aromatic rings. The van der Waals surface area contributed by atoms with Crippen LogP contribution in [0.1, 0.15) is 11.3 Å². The van der Waals surface area contributed by atoms with Crippen LogP contribution in [0.2, 0.25) is 0 Å². The molecule has 0 aromatic carbocycles. The summed E-state index contributed by atoms with van der Waals surface area (Å²) >= 11 is 1.72. The Kier molecular flexibility index (Phi) is 2.72. The fraction of sp³-hybridized carbons (Fsp3) is 0.182. The first kappa shape index (κ1) is 8.45. The summed E-state index contributed by atoms with van der Waals surface area (Å²) in [5, 5.41) is 2.07. The van der Waals surface area contributed by atoms with Gasteiger partial charge in [-0.05, 0) is 23.4 Å². The number of thiophene rings is 1. The lowest BCUT2D eigenvalue weighted by atomic mass is 10.2. The quantitative estimate of drug-likeness (QED) is 0.648. The van der Waals surface area contributed by atoms with Gasteiger partial charge in [-0.15, -0.1) is 11.3 Å². The van der Waals surface area contributed by atoms with Crippen molar-refractivity contribution in [2.45, 2.75) is 6.42 Å². The van der Waals surface area contributed by atoms with Gasteiger partial charge < -0.3 is 0 Å². The van der Waals surface area contributed by atoms with Gasteiger partial charge in [0, 0.05) is 11.1 Å². The first-order chi connectivity index (χ1) is 6.45. The molecule has 0 fully saturated rings. The van der Waals surface area contributed by atoms with Crippen molar-refractivity contribution >= 4 is 17.6 Å². The molecule has 66 valence electrons. The highest BCUT2D eigenvalue weighted by Gasteiger charge is 1.96. The van der Waals surface area contributed by atoms with Crippen LogP contribution in [0.4, 0.5) is 0 Å². The maximum absolute atomic E-state index is 4.37. The number of hydrogen-bond acceptors (Lipinski definition) is 2. The summed E-state index contributed by atoms with van der Waals surface area (Å²) in [6, 6.07) is 4.12. The molecule has 1 aliphatic rings. The highest BCUT2D eigenvalue weighted by atomic mass is 32.1. The molecule has 0 saturated heterocycles. The fourth-order valence-electron chi connectivity index (χ4n) is 1.23. The van der Waals surface area contributed by atoms with Crippen molar-refractivity contribution in [1.29, 1.82) is 0 Å². The van der Waals surface area contributed by atoms with Crippen LogP contribution in [0.5, 0.6) is 0 Å². The zero-order valence-electron chi connectivity index (χ0n) is 7.31. The molecule has 0 radical (unpaired) electrons. The Hall–Kier alpha value is -1.15. The number of allylic oxidation sites excluding steroid dienone is 3. The van der Waals surface area contributed by atoms with E-state index in [1.54, 1.807) is 11.3 Å². The van der Waals surface area contributed by atoms with E-state index < -0.39 is 0 Å². The number of hydrogen-bond donors (Lipinski definition) is 0. The summed E-state index contributed by atoms with van der Waals surface area (Å²) in [6.07, 6.45) is 9.42. The minimum Gasteiger partial charge on any atom is -0.287 e. The molecule has 1 nitrogen and oxygen atoms in total. The molecule has 0 unspecified atom stereocenters. The maximum Gasteiger partial charge on any atom is 0.0606 e. The lowest BCUT2D eigenvalue weighted by molar-refractivity contribution is 1.09. The SMILES string of the molecule is C1=CCC(CN=Cc2cccs2)=C1. The predicted octanol–water partition coefficient (Wildman–Crippen LogP) is 3.05. The second-order valence-electron chi connectivity index (χ2n) is 2.94. The Morgan fingerprint density at radius 3 is 3.23 bits per heavy atom. The Labute approximate surface area is 82.1 Å². The zero-order valence-corrected chi connectivity index (χ0v) is 8.13. The van der Waals surface area contributed by atoms with Gasteiger partial charge in [0.1, 0.15) is 0 Å². The third-order valence-electron chi connectivity index (χ3n) is 1.90. The summed E-state index contributed by atoms with van der Waals surface area (Å²) in [7, 11) is 0. The molecule has 2 rings (SSSR count). The Bertz CT molecular complexity index is 344. The molecule has 0 aliphatic heterocycles. The molecule has 0 bridgehead atoms. The molecule has 1 heterocycles. The van der Waals surface area contributed by atoms with Gasteiger partial charge in [0.25, 0.3) is 0 Å². The standard InChI is InChI=1S/C11H11NS/c1-2-5-10(4-1)8-12-9-11-6-3-7-13-11/h1-4,6-7,9H,5,8H2. The minimum absolute atomic E-state index is 0.838. The van der Waals surface area contributed by atoms with Crippen LogP contribution in [0.25, 0.3) is 0 Å². The van der Waals surface area contributed by atoms with Gasteiger partial charge in [-0.3, -0.25) is 4.99 Å². The first-order valence-corrected chi connectivity index (χ1v) is 5.21. The largest absolute Gasteiger partial charge is 0.287 e. The van der Waals surface area contributed by atoms with E-state index in [1.807, 2.05) is 12.3 Å². The van der Waals surface area contributed by atoms with Gasteiger partial charge in [0.15, 0.2) is 0 Å². The molecular formula is C11H11NS. The van der Waals surface area contributed by atoms with E-state index in [0.717, 1.165) is 13.0 Å². The van der Waals surface area contributed by atoms with Crippen molar-refractivity contribution in [3.05, 3.63) is 46.2 Å². The van der Waals surface area contributed by atoms with Gasteiger partial charge in [-0.25, -0.2) is 0 Å². The molecule has 0 amide bonds. The molecule has 0 atom stereocenters. The number of nitrogens with zero attached hydrogens (tertiary/aromatic N) is 1. The topological polar surface area (TPSA) is 12.4 Å². The van der Waals surface area contributed by atoms with Crippen LogP contribution < -0.4 is 0 Å². The van der Waals surface area contributed by atoms with Crippen LogP contribution in [0, 0.1) is 0 Å². The van der Waals surface area contributed by atoms with E-state index in [1.165, 1.54) is 10.5 Å². The van der Waals surface area contributed by atoms with E-state index in [-0.39, 0.29) is 0 Å². The van der Waals surface area contributed by atoms with Crippen LogP contribution in [0.3, 0.4) is 0 Å². The van der Waals surface area contributed by atoms with Crippen molar-refractivity contribution < 1.29 is 0 Å². The van der Waals surface area contributed by atoms with Gasteiger partial charge in [0.2, 0.25) is 0 Å². The Morgan fingerprint density at radius 2 is 2.54 bits per heavy atom. The molecule has 0 N–H and O–H groups in total. The average Bonchev–Trinajstić information content (AvgIpc) is 2.75. The number of rotatable bonds is 3. The smallest absolute Gasteiger partial charge is 0.0606 e. The number of aliphatic imine (C=N–C) groups is 1. The van der Waals surface area contributed by atoms with Gasteiger partial charge >= 0.3 is 0 Å². The summed E-state index contributed by atoms with van der Waals surface area (Å²) in [5.41, 5.74) is 1.40. The van der Waals surface area contributed by atoms with Crippen LogP contribution >= 0.6 is 11.3 Å². The predicted molar refractivity (Wildman–Crippen MR) is 58.6 cm³/mol. The van der Waals surface area contributed by atoms with Crippen molar-refractivity contribution in [2.75, 3.05) is 6.54 Å². The van der Waals surface area contributed by atoms with Crippen LogP contribution in [-0.2, 0) is 0 Å². The molecule has 13 heavy (non-hydrogen) atoms. The van der Waals surface area contributed by atoms with Crippen molar-refractivity contribution in [1.82, 2.24) is 0 Å². The second-order valence-corrected chi connectivity index (χ2v) is 3.92. The van der Waals surface area contributed by atoms with E-state index in [2.05, 4.69) is 34.7 Å². The van der Waals surface area contributed by atoms with Crippen LogP contribution in [-0.4, -0.2) is 12.8 Å². The summed E-state index contributed by atoms with van der Waals surface area (Å²) in [6.45, 7) is 0.838. The normalized spacial score (nSPS) is 15.5. The summed E-state index contributed by atoms with van der Waals surface area (Å²) in [4.78, 5) is 5.60. The van der Waals surface area contributed by atoms with E-state index in [0.29, 0.717) is 0 Å². The monoisotopic (exact) mass is 189 g/mol. The maximum atomic E-state index is 4.37. The van der Waals surface area contributed by atoms with E-state index in [4.69, 9.17) is 0 Å². The van der Waals surface area contributed by atoms with Crippen molar-refractivity contribution in [2.24, 2.45) is 4.99 Å². The lowest BCUT2D eigenvalue weighted by Gasteiger charge is -1.93. The molecule has 1 aliphatic carbocycles. The summed E-state index contributed by atoms with van der Waals surface area (Å²) < 4.78 is 0. The molecular weight excluding hydrogens is 178 g/mol.